The molecule has 1 aliphatic heterocycles. The molecule has 0 saturated heterocycles. The van der Waals surface area contributed by atoms with Gasteiger partial charge in [-0.05, 0) is 11.1 Å². The highest BCUT2D eigenvalue weighted by Crippen LogP contribution is 2.19. The predicted octanol–water partition coefficient (Wildman–Crippen LogP) is 2.64. The Balaban J connectivity index is 1.60. The molecule has 1 aromatic heterocycles. The van der Waals surface area contributed by atoms with Crippen molar-refractivity contribution < 1.29 is 9.36 Å². The molecule has 2 aromatic carbocycles. The third-order valence-corrected chi connectivity index (χ3v) is 4.30. The second-order valence-corrected chi connectivity index (χ2v) is 5.98. The molecule has 0 radical (unpaired) electrons. The number of fused-ring (bicyclic) bond motifs is 1. The number of hydrogen-bond donors (Lipinski definition) is 1. The smallest absolute Gasteiger partial charge is 0.258 e. The third-order valence-electron chi connectivity index (χ3n) is 4.30. The maximum atomic E-state index is 12.7. The fourth-order valence-corrected chi connectivity index (χ4v) is 3.10. The Hall–Kier alpha value is -3.01. The van der Waals surface area contributed by atoms with Gasteiger partial charge < -0.3 is 0 Å². The summed E-state index contributed by atoms with van der Waals surface area (Å²) in [6, 6.07) is 20.0. The number of aromatic nitrogens is 2. The summed E-state index contributed by atoms with van der Waals surface area (Å²) in [5, 5.41) is 3.37. The highest BCUT2D eigenvalue weighted by atomic mass is 16.2. The van der Waals surface area contributed by atoms with Crippen molar-refractivity contribution in [2.45, 2.75) is 18.9 Å². The predicted molar refractivity (Wildman–Crippen MR) is 91.9 cm³/mol. The molecule has 0 spiro atoms. The molecule has 0 saturated carbocycles. The summed E-state index contributed by atoms with van der Waals surface area (Å²) in [6.07, 6.45) is 4.82. The fraction of sp³-hybridized carbons (Fsp3) is 0.150. The van der Waals surface area contributed by atoms with Gasteiger partial charge in [0.05, 0.1) is 6.20 Å². The van der Waals surface area contributed by atoms with Gasteiger partial charge in [0.25, 0.3) is 0 Å². The fourth-order valence-electron chi connectivity index (χ4n) is 3.10. The van der Waals surface area contributed by atoms with E-state index in [9.17, 15) is 4.79 Å². The molecule has 1 N–H and O–H groups in total. The molecule has 0 amide bonds. The van der Waals surface area contributed by atoms with E-state index in [-0.39, 0.29) is 11.9 Å². The van der Waals surface area contributed by atoms with Crippen molar-refractivity contribution in [3.8, 4) is 0 Å². The van der Waals surface area contributed by atoms with Crippen LogP contribution < -0.4 is 9.88 Å². The molecule has 1 unspecified atom stereocenters. The molecule has 2 heterocycles. The Morgan fingerprint density at radius 2 is 1.62 bits per heavy atom. The average molecular weight is 316 g/mol. The van der Waals surface area contributed by atoms with Gasteiger partial charge in [0.2, 0.25) is 0 Å². The third kappa shape index (κ3) is 2.78. The number of benzene rings is 2. The van der Waals surface area contributed by atoms with Crippen molar-refractivity contribution in [2.75, 3.05) is 5.32 Å². The standard InChI is InChI=1S/C20H17N3O/c24-20-18(14-16-9-5-2-6-10-16)22-19-17(21-11-12-23(19)20)13-15-7-3-1-4-8-15/h1-12,18H,13-14H2/p+1. The van der Waals surface area contributed by atoms with Crippen LogP contribution in [0.2, 0.25) is 0 Å². The molecule has 0 aliphatic carbocycles. The van der Waals surface area contributed by atoms with Crippen LogP contribution in [0.1, 0.15) is 21.6 Å². The van der Waals surface area contributed by atoms with Crippen LogP contribution in [0.3, 0.4) is 0 Å². The molecule has 0 fully saturated rings. The van der Waals surface area contributed by atoms with Crippen LogP contribution >= 0.6 is 0 Å². The summed E-state index contributed by atoms with van der Waals surface area (Å²) in [7, 11) is 0. The maximum Gasteiger partial charge on any atom is 0.359 e. The Morgan fingerprint density at radius 3 is 2.33 bits per heavy atom. The van der Waals surface area contributed by atoms with Crippen LogP contribution in [0.4, 0.5) is 5.82 Å². The number of nitrogens with one attached hydrogen (secondary N) is 1. The molecular weight excluding hydrogens is 298 g/mol. The van der Waals surface area contributed by atoms with Gasteiger partial charge in [-0.25, -0.2) is 9.78 Å². The van der Waals surface area contributed by atoms with Gasteiger partial charge in [0.1, 0.15) is 11.9 Å². The van der Waals surface area contributed by atoms with E-state index in [1.807, 2.05) is 48.5 Å². The largest absolute Gasteiger partial charge is 0.359 e. The van der Waals surface area contributed by atoms with Crippen LogP contribution in [-0.4, -0.2) is 16.9 Å². The van der Waals surface area contributed by atoms with Crippen LogP contribution in [0, 0.1) is 0 Å². The van der Waals surface area contributed by atoms with Crippen LogP contribution in [-0.2, 0) is 12.8 Å². The monoisotopic (exact) mass is 316 g/mol. The van der Waals surface area contributed by atoms with Crippen molar-refractivity contribution in [1.29, 1.82) is 0 Å². The number of rotatable bonds is 4. The van der Waals surface area contributed by atoms with E-state index < -0.39 is 0 Å². The molecule has 4 rings (SSSR count). The molecule has 3 aromatic rings. The van der Waals surface area contributed by atoms with Crippen molar-refractivity contribution in [3.05, 3.63) is 89.9 Å². The molecule has 4 nitrogen and oxygen atoms in total. The molecule has 1 atom stereocenters. The summed E-state index contributed by atoms with van der Waals surface area (Å²) < 4.78 is 1.69. The van der Waals surface area contributed by atoms with E-state index in [1.54, 1.807) is 17.0 Å². The first kappa shape index (κ1) is 14.6. The first-order valence-electron chi connectivity index (χ1n) is 8.09. The quantitative estimate of drug-likeness (QED) is 0.753. The summed E-state index contributed by atoms with van der Waals surface area (Å²) in [5.41, 5.74) is 3.22. The minimum absolute atomic E-state index is 0.0746. The van der Waals surface area contributed by atoms with Gasteiger partial charge >= 0.3 is 11.7 Å². The number of anilines is 1. The van der Waals surface area contributed by atoms with E-state index in [0.717, 1.165) is 17.1 Å². The van der Waals surface area contributed by atoms with E-state index in [4.69, 9.17) is 0 Å². The lowest BCUT2D eigenvalue weighted by Crippen LogP contribution is -2.43. The second kappa shape index (κ2) is 6.24. The highest BCUT2D eigenvalue weighted by Gasteiger charge is 2.40. The summed E-state index contributed by atoms with van der Waals surface area (Å²) in [4.78, 5) is 17.2. The first-order valence-corrected chi connectivity index (χ1v) is 8.09. The zero-order valence-corrected chi connectivity index (χ0v) is 13.2. The topological polar surface area (TPSA) is 45.9 Å². The lowest BCUT2D eigenvalue weighted by molar-refractivity contribution is -0.553. The van der Waals surface area contributed by atoms with E-state index in [1.165, 1.54) is 5.56 Å². The maximum absolute atomic E-state index is 12.7. The van der Waals surface area contributed by atoms with E-state index in [2.05, 4.69) is 22.4 Å². The lowest BCUT2D eigenvalue weighted by atomic mass is 10.1. The van der Waals surface area contributed by atoms with Gasteiger partial charge in [0.15, 0.2) is 6.04 Å². The van der Waals surface area contributed by atoms with Gasteiger partial charge in [-0.2, -0.15) is 4.57 Å². The Bertz CT molecular complexity index is 863. The first-order chi connectivity index (χ1) is 11.8. The molecule has 1 aliphatic rings. The summed E-state index contributed by atoms with van der Waals surface area (Å²) in [5.74, 6) is 0.887. The molecule has 24 heavy (non-hydrogen) atoms. The Labute approximate surface area is 140 Å². The zero-order chi connectivity index (χ0) is 16.4. The van der Waals surface area contributed by atoms with E-state index >= 15 is 0 Å². The van der Waals surface area contributed by atoms with Crippen molar-refractivity contribution >= 4 is 11.7 Å². The SMILES string of the molecule is O=C1C(Cc2ccccc2)Nc2c(Cc3ccccc3)ncc[n+]21. The zero-order valence-electron chi connectivity index (χ0n) is 13.2. The van der Waals surface area contributed by atoms with Crippen LogP contribution in [0.5, 0.6) is 0 Å². The highest BCUT2D eigenvalue weighted by molar-refractivity contribution is 5.82. The lowest BCUT2D eigenvalue weighted by Gasteiger charge is -2.04. The van der Waals surface area contributed by atoms with Crippen molar-refractivity contribution in [1.82, 2.24) is 4.98 Å². The number of carbonyl (C=O) groups is 1. The average Bonchev–Trinajstić information content (AvgIpc) is 2.94. The van der Waals surface area contributed by atoms with Crippen molar-refractivity contribution in [3.63, 3.8) is 0 Å². The molecule has 4 heteroatoms. The Morgan fingerprint density at radius 1 is 0.958 bits per heavy atom. The van der Waals surface area contributed by atoms with Crippen LogP contribution in [0.25, 0.3) is 0 Å². The molecule has 118 valence electrons. The number of hydrogen-bond acceptors (Lipinski definition) is 3. The molecule has 0 bridgehead atoms. The van der Waals surface area contributed by atoms with Gasteiger partial charge in [0, 0.05) is 12.8 Å². The number of nitrogens with zero attached hydrogens (tertiary/aromatic N) is 2. The van der Waals surface area contributed by atoms with Crippen LogP contribution in [0.15, 0.2) is 73.1 Å². The van der Waals surface area contributed by atoms with Gasteiger partial charge in [-0.1, -0.05) is 60.7 Å². The second-order valence-electron chi connectivity index (χ2n) is 5.98. The van der Waals surface area contributed by atoms with E-state index in [0.29, 0.717) is 12.8 Å². The Kier molecular flexibility index (Phi) is 3.79. The minimum Gasteiger partial charge on any atom is -0.258 e. The minimum atomic E-state index is -0.244. The number of carbonyl (C=O) groups excluding carboxylic acids is 1. The van der Waals surface area contributed by atoms with Gasteiger partial charge in [-0.3, -0.25) is 5.32 Å². The summed E-state index contributed by atoms with van der Waals surface area (Å²) >= 11 is 0. The normalized spacial score (nSPS) is 15.8. The van der Waals surface area contributed by atoms with Gasteiger partial charge in [-0.15, -0.1) is 0 Å². The van der Waals surface area contributed by atoms with Crippen molar-refractivity contribution in [2.24, 2.45) is 0 Å². The summed E-state index contributed by atoms with van der Waals surface area (Å²) in [6.45, 7) is 0. The molecular formula is C20H18N3O+.